The molecule has 0 atom stereocenters. The van der Waals surface area contributed by atoms with E-state index in [0.717, 1.165) is 11.3 Å². The van der Waals surface area contributed by atoms with Crippen LogP contribution in [0.1, 0.15) is 0 Å². The molecule has 3 rings (SSSR count). The molecule has 2 heterocycles. The van der Waals surface area contributed by atoms with Gasteiger partial charge in [-0.2, -0.15) is 5.21 Å². The van der Waals surface area contributed by atoms with Gasteiger partial charge in [0.25, 0.3) is 0 Å². The summed E-state index contributed by atoms with van der Waals surface area (Å²) in [7, 11) is 0. The Balaban J connectivity index is 1.97. The second kappa shape index (κ2) is 3.54. The second-order valence-corrected chi connectivity index (χ2v) is 3.15. The van der Waals surface area contributed by atoms with Crippen molar-refractivity contribution in [3.8, 4) is 17.1 Å². The molecule has 7 nitrogen and oxygen atoms in total. The van der Waals surface area contributed by atoms with E-state index in [0.29, 0.717) is 5.82 Å². The third kappa shape index (κ3) is 1.44. The van der Waals surface area contributed by atoms with Crippen molar-refractivity contribution >= 4 is 0 Å². The lowest BCUT2D eigenvalue weighted by atomic mass is 10.2. The Morgan fingerprint density at radius 2 is 1.75 bits per heavy atom. The Labute approximate surface area is 90.1 Å². The quantitative estimate of drug-likeness (QED) is 0.667. The molecule has 0 spiro atoms. The fourth-order valence-electron chi connectivity index (χ4n) is 1.40. The summed E-state index contributed by atoms with van der Waals surface area (Å²) in [5.74, 6) is 0.579. The molecule has 16 heavy (non-hydrogen) atoms. The lowest BCUT2D eigenvalue weighted by molar-refractivity contribution is 0.881. The summed E-state index contributed by atoms with van der Waals surface area (Å²) in [5, 5.41) is 21.2. The molecular weight excluding hydrogens is 206 g/mol. The zero-order valence-corrected chi connectivity index (χ0v) is 8.15. The molecule has 3 aromatic rings. The number of hydrogen-bond acceptors (Lipinski definition) is 5. The molecule has 0 unspecified atom stereocenters. The first kappa shape index (κ1) is 8.72. The van der Waals surface area contributed by atoms with E-state index >= 15 is 0 Å². The van der Waals surface area contributed by atoms with Gasteiger partial charge in [0.05, 0.1) is 0 Å². The van der Waals surface area contributed by atoms with E-state index in [2.05, 4.69) is 30.8 Å². The molecule has 78 valence electrons. The van der Waals surface area contributed by atoms with E-state index < -0.39 is 0 Å². The summed E-state index contributed by atoms with van der Waals surface area (Å²) in [6, 6.07) is 7.71. The van der Waals surface area contributed by atoms with Crippen LogP contribution in [0.3, 0.4) is 0 Å². The zero-order chi connectivity index (χ0) is 10.8. The van der Waals surface area contributed by atoms with Crippen LogP contribution in [0.4, 0.5) is 0 Å². The molecule has 0 aliphatic heterocycles. The number of H-pyrrole nitrogens is 1. The normalized spacial score (nSPS) is 10.5. The van der Waals surface area contributed by atoms with E-state index in [-0.39, 0.29) is 0 Å². The van der Waals surface area contributed by atoms with E-state index in [4.69, 9.17) is 0 Å². The molecule has 0 amide bonds. The molecule has 0 bridgehead atoms. The SMILES string of the molecule is c1cc(-n2cnnc2)ccc1-c1nn[nH]n1. The van der Waals surface area contributed by atoms with E-state index in [1.54, 1.807) is 12.7 Å². The number of benzene rings is 1. The van der Waals surface area contributed by atoms with Crippen LogP contribution >= 0.6 is 0 Å². The van der Waals surface area contributed by atoms with Crippen LogP contribution < -0.4 is 0 Å². The number of aromatic amines is 1. The van der Waals surface area contributed by atoms with Gasteiger partial charge in [-0.15, -0.1) is 20.4 Å². The van der Waals surface area contributed by atoms with E-state index in [1.807, 2.05) is 28.8 Å². The average molecular weight is 213 g/mol. The first-order valence-electron chi connectivity index (χ1n) is 4.62. The third-order valence-corrected chi connectivity index (χ3v) is 2.19. The molecule has 0 saturated carbocycles. The first-order valence-corrected chi connectivity index (χ1v) is 4.62. The molecule has 7 heteroatoms. The number of aromatic nitrogens is 7. The summed E-state index contributed by atoms with van der Waals surface area (Å²) in [4.78, 5) is 0. The van der Waals surface area contributed by atoms with Gasteiger partial charge in [-0.25, -0.2) is 0 Å². The summed E-state index contributed by atoms with van der Waals surface area (Å²) in [6.07, 6.45) is 3.28. The number of tetrazole rings is 1. The summed E-state index contributed by atoms with van der Waals surface area (Å²) >= 11 is 0. The van der Waals surface area contributed by atoms with Gasteiger partial charge in [-0.3, -0.25) is 4.57 Å². The Hall–Kier alpha value is -2.57. The summed E-state index contributed by atoms with van der Waals surface area (Å²) < 4.78 is 1.82. The number of rotatable bonds is 2. The average Bonchev–Trinajstić information content (AvgIpc) is 3.03. The minimum atomic E-state index is 0.579. The van der Waals surface area contributed by atoms with Gasteiger partial charge >= 0.3 is 0 Å². The maximum atomic E-state index is 3.90. The van der Waals surface area contributed by atoms with Gasteiger partial charge in [-0.05, 0) is 29.5 Å². The zero-order valence-electron chi connectivity index (χ0n) is 8.15. The number of hydrogen-bond donors (Lipinski definition) is 1. The van der Waals surface area contributed by atoms with Crippen LogP contribution in [-0.2, 0) is 0 Å². The molecule has 0 fully saturated rings. The van der Waals surface area contributed by atoms with Gasteiger partial charge in [0.15, 0.2) is 0 Å². The first-order chi connectivity index (χ1) is 7.93. The number of nitrogens with zero attached hydrogens (tertiary/aromatic N) is 6. The highest BCUT2D eigenvalue weighted by molar-refractivity contribution is 5.56. The molecule has 1 N–H and O–H groups in total. The molecule has 0 aliphatic carbocycles. The van der Waals surface area contributed by atoms with Gasteiger partial charge in [0.2, 0.25) is 5.82 Å². The van der Waals surface area contributed by atoms with Crippen LogP contribution in [0.2, 0.25) is 0 Å². The lowest BCUT2D eigenvalue weighted by Crippen LogP contribution is -1.90. The summed E-state index contributed by atoms with van der Waals surface area (Å²) in [6.45, 7) is 0. The van der Waals surface area contributed by atoms with Crippen molar-refractivity contribution < 1.29 is 0 Å². The minimum Gasteiger partial charge on any atom is -0.288 e. The molecule has 2 aromatic heterocycles. The van der Waals surface area contributed by atoms with Crippen LogP contribution in [0.15, 0.2) is 36.9 Å². The van der Waals surface area contributed by atoms with Crippen molar-refractivity contribution in [3.63, 3.8) is 0 Å². The highest BCUT2D eigenvalue weighted by Crippen LogP contribution is 2.15. The standard InChI is InChI=1S/C9H7N7/c1-3-8(16-5-10-11-6-16)4-2-7(1)9-12-14-15-13-9/h1-6H,(H,12,13,14,15). The highest BCUT2D eigenvalue weighted by Gasteiger charge is 2.02. The molecule has 1 aromatic carbocycles. The van der Waals surface area contributed by atoms with Gasteiger partial charge < -0.3 is 0 Å². The molecule has 0 aliphatic rings. The van der Waals surface area contributed by atoms with E-state index in [9.17, 15) is 0 Å². The predicted octanol–water partition coefficient (Wildman–Crippen LogP) is 0.447. The molecule has 0 saturated heterocycles. The topological polar surface area (TPSA) is 85.2 Å². The summed E-state index contributed by atoms with van der Waals surface area (Å²) in [5.41, 5.74) is 1.89. The lowest BCUT2D eigenvalue weighted by Gasteiger charge is -2.00. The van der Waals surface area contributed by atoms with Gasteiger partial charge in [-0.1, -0.05) is 0 Å². The van der Waals surface area contributed by atoms with Crippen LogP contribution in [-0.4, -0.2) is 35.4 Å². The van der Waals surface area contributed by atoms with Gasteiger partial charge in [0.1, 0.15) is 12.7 Å². The minimum absolute atomic E-state index is 0.579. The Kier molecular flexibility index (Phi) is 1.93. The van der Waals surface area contributed by atoms with E-state index in [1.165, 1.54) is 0 Å². The van der Waals surface area contributed by atoms with Crippen LogP contribution in [0, 0.1) is 0 Å². The van der Waals surface area contributed by atoms with Crippen LogP contribution in [0.25, 0.3) is 17.1 Å². The van der Waals surface area contributed by atoms with Crippen molar-refractivity contribution in [2.75, 3.05) is 0 Å². The maximum absolute atomic E-state index is 3.90. The monoisotopic (exact) mass is 213 g/mol. The molecule has 0 radical (unpaired) electrons. The van der Waals surface area contributed by atoms with Gasteiger partial charge in [0, 0.05) is 11.3 Å². The predicted molar refractivity (Wildman–Crippen MR) is 54.5 cm³/mol. The Morgan fingerprint density at radius 3 is 2.38 bits per heavy atom. The number of nitrogens with one attached hydrogen (secondary N) is 1. The Morgan fingerprint density at radius 1 is 1.00 bits per heavy atom. The van der Waals surface area contributed by atoms with Crippen molar-refractivity contribution in [1.82, 2.24) is 35.4 Å². The molecular formula is C9H7N7. The van der Waals surface area contributed by atoms with Crippen molar-refractivity contribution in [2.45, 2.75) is 0 Å². The van der Waals surface area contributed by atoms with Crippen molar-refractivity contribution in [2.24, 2.45) is 0 Å². The Bertz CT molecular complexity index is 499. The fourth-order valence-corrected chi connectivity index (χ4v) is 1.40. The highest BCUT2D eigenvalue weighted by atomic mass is 15.5. The van der Waals surface area contributed by atoms with Crippen molar-refractivity contribution in [3.05, 3.63) is 36.9 Å². The largest absolute Gasteiger partial charge is 0.288 e. The fraction of sp³-hybridized carbons (Fsp3) is 0. The maximum Gasteiger partial charge on any atom is 0.204 e. The van der Waals surface area contributed by atoms with Crippen molar-refractivity contribution in [1.29, 1.82) is 0 Å². The second-order valence-electron chi connectivity index (χ2n) is 3.15. The van der Waals surface area contributed by atoms with Crippen LogP contribution in [0.5, 0.6) is 0 Å². The smallest absolute Gasteiger partial charge is 0.204 e. The third-order valence-electron chi connectivity index (χ3n) is 2.19.